The van der Waals surface area contributed by atoms with Crippen LogP contribution in [0, 0.1) is 3.57 Å². The van der Waals surface area contributed by atoms with Crippen molar-refractivity contribution in [2.45, 2.75) is 18.9 Å². The van der Waals surface area contributed by atoms with Gasteiger partial charge in [-0.3, -0.25) is 4.79 Å². The van der Waals surface area contributed by atoms with Crippen molar-refractivity contribution in [3.05, 3.63) is 39.5 Å². The van der Waals surface area contributed by atoms with Gasteiger partial charge in [0.2, 0.25) is 0 Å². The number of benzene rings is 1. The van der Waals surface area contributed by atoms with Crippen LogP contribution in [0.2, 0.25) is 0 Å². The largest absolute Gasteiger partial charge is 0.458 e. The molecule has 15 heavy (non-hydrogen) atoms. The van der Waals surface area contributed by atoms with E-state index in [9.17, 15) is 4.79 Å². The lowest BCUT2D eigenvalue weighted by molar-refractivity contribution is -0.139. The van der Waals surface area contributed by atoms with Gasteiger partial charge in [0.05, 0.1) is 0 Å². The summed E-state index contributed by atoms with van der Waals surface area (Å²) in [5, 5.41) is 0. The molecule has 0 spiro atoms. The summed E-state index contributed by atoms with van der Waals surface area (Å²) >= 11 is 2.27. The van der Waals surface area contributed by atoms with Crippen molar-refractivity contribution < 1.29 is 9.53 Å². The molecule has 0 aromatic heterocycles. The van der Waals surface area contributed by atoms with Crippen LogP contribution in [0.3, 0.4) is 0 Å². The molecular formula is C12H11IO2. The quantitative estimate of drug-likeness (QED) is 0.620. The molecule has 0 saturated carbocycles. The lowest BCUT2D eigenvalue weighted by atomic mass is 10.1. The summed E-state index contributed by atoms with van der Waals surface area (Å²) in [7, 11) is 0. The van der Waals surface area contributed by atoms with Crippen molar-refractivity contribution in [3.8, 4) is 0 Å². The summed E-state index contributed by atoms with van der Waals surface area (Å²) < 4.78 is 6.30. The van der Waals surface area contributed by atoms with E-state index in [0.29, 0.717) is 6.42 Å². The molecule has 1 aromatic carbocycles. The first-order valence-corrected chi connectivity index (χ1v) is 5.95. The Labute approximate surface area is 102 Å². The Morgan fingerprint density at radius 1 is 1.33 bits per heavy atom. The topological polar surface area (TPSA) is 26.3 Å². The number of rotatable bonds is 2. The standard InChI is InChI=1S/C12H11IO2/c13-10-4-1-9(2-5-10)3-6-11-7-8-12(14)15-11/h1-6,11H,7-8H2/b6-3-/t11-/m1/s1. The number of carbonyl (C=O) groups excluding carboxylic acids is 1. The Hall–Kier alpha value is -0.840. The molecule has 2 rings (SSSR count). The van der Waals surface area contributed by atoms with Gasteiger partial charge in [0.15, 0.2) is 0 Å². The molecule has 0 N–H and O–H groups in total. The highest BCUT2D eigenvalue weighted by atomic mass is 127. The molecule has 1 heterocycles. The van der Waals surface area contributed by atoms with Gasteiger partial charge < -0.3 is 4.74 Å². The van der Waals surface area contributed by atoms with Gasteiger partial charge in [-0.15, -0.1) is 0 Å². The summed E-state index contributed by atoms with van der Waals surface area (Å²) in [6, 6.07) is 8.21. The molecule has 0 radical (unpaired) electrons. The molecule has 1 aliphatic heterocycles. The maximum absolute atomic E-state index is 10.9. The molecule has 1 fully saturated rings. The Balaban J connectivity index is 1.99. The lowest BCUT2D eigenvalue weighted by Crippen LogP contribution is -2.01. The van der Waals surface area contributed by atoms with Crippen LogP contribution in [-0.2, 0) is 9.53 Å². The van der Waals surface area contributed by atoms with Crippen LogP contribution in [0.4, 0.5) is 0 Å². The minimum atomic E-state index is -0.0905. The number of esters is 1. The van der Waals surface area contributed by atoms with Crippen molar-refractivity contribution in [2.75, 3.05) is 0 Å². The second-order valence-electron chi connectivity index (χ2n) is 3.48. The van der Waals surface area contributed by atoms with E-state index in [1.54, 1.807) is 0 Å². The van der Waals surface area contributed by atoms with E-state index in [-0.39, 0.29) is 12.1 Å². The Bertz CT molecular complexity index is 381. The molecule has 0 aliphatic carbocycles. The molecular weight excluding hydrogens is 303 g/mol. The van der Waals surface area contributed by atoms with Crippen molar-refractivity contribution in [1.29, 1.82) is 0 Å². The monoisotopic (exact) mass is 314 g/mol. The maximum atomic E-state index is 10.9. The van der Waals surface area contributed by atoms with Crippen LogP contribution in [0.5, 0.6) is 0 Å². The second-order valence-corrected chi connectivity index (χ2v) is 4.72. The van der Waals surface area contributed by atoms with Crippen molar-refractivity contribution in [2.24, 2.45) is 0 Å². The van der Waals surface area contributed by atoms with E-state index in [1.165, 1.54) is 3.57 Å². The van der Waals surface area contributed by atoms with Crippen LogP contribution in [0.15, 0.2) is 30.3 Å². The zero-order valence-corrected chi connectivity index (χ0v) is 10.3. The number of hydrogen-bond donors (Lipinski definition) is 0. The molecule has 2 nitrogen and oxygen atoms in total. The van der Waals surface area contributed by atoms with Gasteiger partial charge in [0.25, 0.3) is 0 Å². The number of carbonyl (C=O) groups is 1. The van der Waals surface area contributed by atoms with Crippen LogP contribution in [0.25, 0.3) is 6.08 Å². The molecule has 1 aliphatic rings. The van der Waals surface area contributed by atoms with Crippen LogP contribution in [0.1, 0.15) is 18.4 Å². The summed E-state index contributed by atoms with van der Waals surface area (Å²) in [4.78, 5) is 10.9. The molecule has 1 aromatic rings. The highest BCUT2D eigenvalue weighted by molar-refractivity contribution is 14.1. The first kappa shape index (κ1) is 10.7. The summed E-state index contributed by atoms with van der Waals surface area (Å²) in [5.41, 5.74) is 1.14. The molecule has 0 bridgehead atoms. The molecule has 1 saturated heterocycles. The van der Waals surface area contributed by atoms with E-state index in [0.717, 1.165) is 12.0 Å². The van der Waals surface area contributed by atoms with E-state index >= 15 is 0 Å². The van der Waals surface area contributed by atoms with Crippen LogP contribution in [-0.4, -0.2) is 12.1 Å². The van der Waals surface area contributed by atoms with Crippen molar-refractivity contribution >= 4 is 34.6 Å². The fourth-order valence-corrected chi connectivity index (χ4v) is 1.83. The first-order chi connectivity index (χ1) is 7.24. The zero-order valence-electron chi connectivity index (χ0n) is 8.15. The summed E-state index contributed by atoms with van der Waals surface area (Å²) in [5.74, 6) is -0.0905. The van der Waals surface area contributed by atoms with Gasteiger partial charge in [0.1, 0.15) is 6.10 Å². The van der Waals surface area contributed by atoms with Crippen LogP contribution >= 0.6 is 22.6 Å². The number of halogens is 1. The minimum Gasteiger partial charge on any atom is -0.458 e. The molecule has 0 unspecified atom stereocenters. The predicted octanol–water partition coefficient (Wildman–Crippen LogP) is 3.01. The third-order valence-electron chi connectivity index (χ3n) is 2.29. The molecule has 0 amide bonds. The van der Waals surface area contributed by atoms with Gasteiger partial charge in [0, 0.05) is 9.99 Å². The van der Waals surface area contributed by atoms with Crippen LogP contribution < -0.4 is 0 Å². The fourth-order valence-electron chi connectivity index (χ4n) is 1.47. The van der Waals surface area contributed by atoms with Gasteiger partial charge in [-0.05, 0) is 52.8 Å². The maximum Gasteiger partial charge on any atom is 0.306 e. The lowest BCUT2D eigenvalue weighted by Gasteiger charge is -2.01. The highest BCUT2D eigenvalue weighted by Gasteiger charge is 2.20. The molecule has 1 atom stereocenters. The average molecular weight is 314 g/mol. The second kappa shape index (κ2) is 4.79. The number of ether oxygens (including phenoxy) is 1. The Morgan fingerprint density at radius 3 is 2.67 bits per heavy atom. The van der Waals surface area contributed by atoms with Gasteiger partial charge >= 0.3 is 5.97 Å². The predicted molar refractivity (Wildman–Crippen MR) is 67.3 cm³/mol. The third kappa shape index (κ3) is 3.06. The number of cyclic esters (lactones) is 1. The molecule has 78 valence electrons. The van der Waals surface area contributed by atoms with Crippen molar-refractivity contribution in [1.82, 2.24) is 0 Å². The number of hydrogen-bond acceptors (Lipinski definition) is 2. The minimum absolute atomic E-state index is 0.0308. The van der Waals surface area contributed by atoms with E-state index in [2.05, 4.69) is 46.9 Å². The summed E-state index contributed by atoms with van der Waals surface area (Å²) in [6.07, 6.45) is 5.27. The van der Waals surface area contributed by atoms with E-state index < -0.39 is 0 Å². The van der Waals surface area contributed by atoms with Crippen molar-refractivity contribution in [3.63, 3.8) is 0 Å². The Kier molecular flexibility index (Phi) is 3.41. The fraction of sp³-hybridized carbons (Fsp3) is 0.250. The van der Waals surface area contributed by atoms with Gasteiger partial charge in [-0.2, -0.15) is 0 Å². The molecule has 3 heteroatoms. The average Bonchev–Trinajstić information content (AvgIpc) is 2.64. The van der Waals surface area contributed by atoms with E-state index in [4.69, 9.17) is 4.74 Å². The normalized spacial score (nSPS) is 20.9. The summed E-state index contributed by atoms with van der Waals surface area (Å²) in [6.45, 7) is 0. The van der Waals surface area contributed by atoms with Gasteiger partial charge in [-0.25, -0.2) is 0 Å². The smallest absolute Gasteiger partial charge is 0.306 e. The highest BCUT2D eigenvalue weighted by Crippen LogP contribution is 2.16. The zero-order chi connectivity index (χ0) is 10.7. The SMILES string of the molecule is O=C1CC[C@@H](/C=C\c2ccc(I)cc2)O1. The third-order valence-corrected chi connectivity index (χ3v) is 3.01. The Morgan fingerprint density at radius 2 is 2.07 bits per heavy atom. The first-order valence-electron chi connectivity index (χ1n) is 4.87. The van der Waals surface area contributed by atoms with Gasteiger partial charge in [-0.1, -0.05) is 18.2 Å². The van der Waals surface area contributed by atoms with E-state index in [1.807, 2.05) is 12.2 Å².